The summed E-state index contributed by atoms with van der Waals surface area (Å²) in [5.74, 6) is -0.0949. The lowest BCUT2D eigenvalue weighted by Crippen LogP contribution is -2.51. The van der Waals surface area contributed by atoms with Gasteiger partial charge in [-0.1, -0.05) is 45.4 Å². The second-order valence-corrected chi connectivity index (χ2v) is 9.30. The Morgan fingerprint density at radius 2 is 1.97 bits per heavy atom. The van der Waals surface area contributed by atoms with Crippen LogP contribution in [-0.2, 0) is 16.1 Å². The molecule has 1 unspecified atom stereocenters. The van der Waals surface area contributed by atoms with Crippen molar-refractivity contribution in [3.05, 3.63) is 35.6 Å². The van der Waals surface area contributed by atoms with E-state index in [0.29, 0.717) is 24.3 Å². The Labute approximate surface area is 177 Å². The van der Waals surface area contributed by atoms with E-state index in [2.05, 4.69) is 26.1 Å². The number of aliphatic hydroxyl groups excluding tert-OH is 1. The molecule has 1 aromatic carbocycles. The summed E-state index contributed by atoms with van der Waals surface area (Å²) in [5, 5.41) is 13.2. The number of urea groups is 1. The number of hydrogen-bond acceptors (Lipinski definition) is 4. The third-order valence-corrected chi connectivity index (χ3v) is 7.02. The zero-order valence-corrected chi connectivity index (χ0v) is 18.1. The minimum atomic E-state index is -1.03. The molecular formula is C23H33FN2O4. The maximum atomic E-state index is 13.6. The molecule has 0 bridgehead atoms. The molecule has 2 N–H and O–H groups in total. The van der Waals surface area contributed by atoms with Crippen LogP contribution < -0.4 is 5.32 Å². The number of amides is 3. The van der Waals surface area contributed by atoms with Gasteiger partial charge in [0.15, 0.2) is 0 Å². The van der Waals surface area contributed by atoms with E-state index in [1.807, 2.05) is 0 Å². The third-order valence-electron chi connectivity index (χ3n) is 7.02. The number of nitrogens with one attached hydrogen (secondary N) is 1. The minimum absolute atomic E-state index is 0.0163. The Hall–Kier alpha value is -1.99. The molecule has 166 valence electrons. The van der Waals surface area contributed by atoms with E-state index in [9.17, 15) is 19.1 Å². The van der Waals surface area contributed by atoms with Crippen molar-refractivity contribution in [2.24, 2.45) is 11.3 Å². The quantitative estimate of drug-likeness (QED) is 0.630. The fraction of sp³-hybridized carbons (Fsp3) is 0.652. The van der Waals surface area contributed by atoms with Crippen LogP contribution in [0.2, 0.25) is 0 Å². The summed E-state index contributed by atoms with van der Waals surface area (Å²) in [5.41, 5.74) is -0.227. The van der Waals surface area contributed by atoms with Crippen molar-refractivity contribution in [1.82, 2.24) is 10.2 Å². The molecule has 1 aromatic rings. The number of carbonyl (C=O) groups excluding carboxylic acids is 2. The molecule has 7 heteroatoms. The van der Waals surface area contributed by atoms with E-state index < -0.39 is 17.7 Å². The Bertz CT molecular complexity index is 774. The van der Waals surface area contributed by atoms with Gasteiger partial charge in [-0.05, 0) is 43.1 Å². The number of ether oxygens (including phenoxy) is 1. The second kappa shape index (κ2) is 9.02. The van der Waals surface area contributed by atoms with Gasteiger partial charge in [-0.25, -0.2) is 9.18 Å². The van der Waals surface area contributed by atoms with Gasteiger partial charge >= 0.3 is 6.03 Å². The number of carbonyl (C=O) groups is 2. The average molecular weight is 421 g/mol. The molecule has 2 fully saturated rings. The Morgan fingerprint density at radius 3 is 2.60 bits per heavy atom. The van der Waals surface area contributed by atoms with Gasteiger partial charge in [0.05, 0.1) is 25.9 Å². The summed E-state index contributed by atoms with van der Waals surface area (Å²) in [6.45, 7) is 6.49. The molecule has 1 heterocycles. The number of rotatable bonds is 8. The van der Waals surface area contributed by atoms with E-state index >= 15 is 0 Å². The summed E-state index contributed by atoms with van der Waals surface area (Å²) < 4.78 is 19.0. The van der Waals surface area contributed by atoms with Gasteiger partial charge in [0.1, 0.15) is 11.4 Å². The largest absolute Gasteiger partial charge is 0.389 e. The smallest absolute Gasteiger partial charge is 0.325 e. The highest BCUT2D eigenvalue weighted by atomic mass is 19.1. The third kappa shape index (κ3) is 4.67. The zero-order valence-electron chi connectivity index (χ0n) is 18.1. The summed E-state index contributed by atoms with van der Waals surface area (Å²) >= 11 is 0. The van der Waals surface area contributed by atoms with Gasteiger partial charge in [0, 0.05) is 5.56 Å². The molecule has 1 saturated carbocycles. The van der Waals surface area contributed by atoms with Crippen molar-refractivity contribution in [2.45, 2.75) is 71.1 Å². The van der Waals surface area contributed by atoms with Gasteiger partial charge < -0.3 is 15.2 Å². The van der Waals surface area contributed by atoms with E-state index in [-0.39, 0.29) is 36.9 Å². The predicted octanol–water partition coefficient (Wildman–Crippen LogP) is 3.62. The SMILES string of the molecule is CCC(C)(C)C1CCC2(CC1)NC(=O)N(CC(O)COCc1ccccc1F)C2=O. The first kappa shape index (κ1) is 22.7. The number of imide groups is 1. The maximum absolute atomic E-state index is 13.6. The molecule has 1 saturated heterocycles. The summed E-state index contributed by atoms with van der Waals surface area (Å²) in [4.78, 5) is 26.6. The van der Waals surface area contributed by atoms with Crippen molar-refractivity contribution in [3.8, 4) is 0 Å². The zero-order chi connectivity index (χ0) is 21.9. The molecule has 6 nitrogen and oxygen atoms in total. The normalized spacial score (nSPS) is 25.6. The molecular weight excluding hydrogens is 387 g/mol. The number of halogens is 1. The van der Waals surface area contributed by atoms with Crippen LogP contribution in [0.15, 0.2) is 24.3 Å². The van der Waals surface area contributed by atoms with Gasteiger partial charge in [-0.15, -0.1) is 0 Å². The topological polar surface area (TPSA) is 78.9 Å². The highest BCUT2D eigenvalue weighted by molar-refractivity contribution is 6.07. The standard InChI is InChI=1S/C23H33FN2O4/c1-4-22(2,3)17-9-11-23(12-10-17)20(28)26(21(29)25-23)13-18(27)15-30-14-16-7-5-6-8-19(16)24/h5-8,17-18,27H,4,9-15H2,1-3H3,(H,25,29). The van der Waals surface area contributed by atoms with Crippen LogP contribution in [0.1, 0.15) is 58.4 Å². The molecule has 0 radical (unpaired) electrons. The van der Waals surface area contributed by atoms with Crippen LogP contribution in [0.5, 0.6) is 0 Å². The molecule has 1 aliphatic carbocycles. The van der Waals surface area contributed by atoms with E-state index in [0.717, 1.165) is 24.2 Å². The first-order chi connectivity index (χ1) is 14.2. The van der Waals surface area contributed by atoms with Gasteiger partial charge in [0.2, 0.25) is 0 Å². The van der Waals surface area contributed by atoms with E-state index in [1.165, 1.54) is 6.07 Å². The monoisotopic (exact) mass is 420 g/mol. The number of nitrogens with zero attached hydrogens (tertiary/aromatic N) is 1. The first-order valence-electron chi connectivity index (χ1n) is 10.8. The van der Waals surface area contributed by atoms with Crippen molar-refractivity contribution in [3.63, 3.8) is 0 Å². The van der Waals surface area contributed by atoms with Crippen molar-refractivity contribution in [2.75, 3.05) is 13.2 Å². The molecule has 2 aliphatic rings. The van der Waals surface area contributed by atoms with E-state index in [4.69, 9.17) is 4.74 Å². The Balaban J connectivity index is 1.52. The molecule has 0 aromatic heterocycles. The average Bonchev–Trinajstić information content (AvgIpc) is 2.94. The first-order valence-corrected chi connectivity index (χ1v) is 10.8. The number of benzene rings is 1. The Kier molecular flexibility index (Phi) is 6.82. The lowest BCUT2D eigenvalue weighted by atomic mass is 9.65. The van der Waals surface area contributed by atoms with Crippen LogP contribution in [-0.4, -0.2) is 46.7 Å². The molecule has 3 amide bonds. The molecule has 30 heavy (non-hydrogen) atoms. The highest BCUT2D eigenvalue weighted by Gasteiger charge is 2.53. The van der Waals surface area contributed by atoms with Crippen molar-refractivity contribution < 1.29 is 23.8 Å². The molecule has 1 atom stereocenters. The fourth-order valence-corrected chi connectivity index (χ4v) is 4.55. The highest BCUT2D eigenvalue weighted by Crippen LogP contribution is 2.45. The predicted molar refractivity (Wildman–Crippen MR) is 111 cm³/mol. The second-order valence-electron chi connectivity index (χ2n) is 9.30. The van der Waals surface area contributed by atoms with Crippen LogP contribution in [0, 0.1) is 17.2 Å². The number of aliphatic hydroxyl groups is 1. The molecule has 1 aliphatic heterocycles. The number of β-amino-alcohol motifs (C(OH)–C–C–N with tert-alkyl or cyclic N) is 1. The van der Waals surface area contributed by atoms with Gasteiger partial charge in [-0.3, -0.25) is 9.69 Å². The molecule has 3 rings (SSSR count). The Morgan fingerprint density at radius 1 is 1.30 bits per heavy atom. The summed E-state index contributed by atoms with van der Waals surface area (Å²) in [6.07, 6.45) is 3.10. The lowest BCUT2D eigenvalue weighted by Gasteiger charge is -2.42. The number of hydrogen-bond donors (Lipinski definition) is 2. The maximum Gasteiger partial charge on any atom is 0.325 e. The van der Waals surface area contributed by atoms with Crippen molar-refractivity contribution >= 4 is 11.9 Å². The van der Waals surface area contributed by atoms with Gasteiger partial charge in [-0.2, -0.15) is 0 Å². The summed E-state index contributed by atoms with van der Waals surface area (Å²) in [6, 6.07) is 5.80. The summed E-state index contributed by atoms with van der Waals surface area (Å²) in [7, 11) is 0. The van der Waals surface area contributed by atoms with Crippen LogP contribution >= 0.6 is 0 Å². The fourth-order valence-electron chi connectivity index (χ4n) is 4.55. The van der Waals surface area contributed by atoms with Crippen molar-refractivity contribution in [1.29, 1.82) is 0 Å². The van der Waals surface area contributed by atoms with Crippen LogP contribution in [0.25, 0.3) is 0 Å². The minimum Gasteiger partial charge on any atom is -0.389 e. The van der Waals surface area contributed by atoms with Crippen LogP contribution in [0.3, 0.4) is 0 Å². The molecule has 1 spiro atoms. The lowest BCUT2D eigenvalue weighted by molar-refractivity contribution is -0.134. The van der Waals surface area contributed by atoms with E-state index in [1.54, 1.807) is 18.2 Å². The van der Waals surface area contributed by atoms with Gasteiger partial charge in [0.25, 0.3) is 5.91 Å². The van der Waals surface area contributed by atoms with Crippen LogP contribution in [0.4, 0.5) is 9.18 Å².